The Kier molecular flexibility index (Phi) is 5.06. The summed E-state index contributed by atoms with van der Waals surface area (Å²) in [7, 11) is 0.672. The molecule has 0 aliphatic rings. The van der Waals surface area contributed by atoms with Crippen LogP contribution in [0.4, 0.5) is 5.69 Å². The summed E-state index contributed by atoms with van der Waals surface area (Å²) in [6.07, 6.45) is 0. The highest BCUT2D eigenvalue weighted by Crippen LogP contribution is 2.34. The van der Waals surface area contributed by atoms with Crippen molar-refractivity contribution >= 4 is 27.3 Å². The summed E-state index contributed by atoms with van der Waals surface area (Å²) >= 11 is 6.04. The smallest absolute Gasteiger partial charge is 0.264 e. The van der Waals surface area contributed by atoms with Gasteiger partial charge in [-0.05, 0) is 42.8 Å². The van der Waals surface area contributed by atoms with E-state index < -0.39 is 10.0 Å². The van der Waals surface area contributed by atoms with E-state index >= 15 is 0 Å². The maximum atomic E-state index is 12.8. The predicted octanol–water partition coefficient (Wildman–Crippen LogP) is 3.49. The van der Waals surface area contributed by atoms with Crippen molar-refractivity contribution in [2.24, 2.45) is 0 Å². The maximum Gasteiger partial charge on any atom is 0.264 e. The van der Waals surface area contributed by atoms with Gasteiger partial charge in [0.2, 0.25) is 0 Å². The molecule has 0 N–H and O–H groups in total. The van der Waals surface area contributed by atoms with Crippen LogP contribution in [0.15, 0.2) is 41.3 Å². The number of methoxy groups -OCH3 is 2. The Hall–Kier alpha value is -1.92. The summed E-state index contributed by atoms with van der Waals surface area (Å²) in [6.45, 7) is 1.88. The summed E-state index contributed by atoms with van der Waals surface area (Å²) in [6, 6.07) is 9.69. The summed E-state index contributed by atoms with van der Waals surface area (Å²) in [5, 5.41) is 0.234. The van der Waals surface area contributed by atoms with Crippen molar-refractivity contribution in [2.75, 3.05) is 25.6 Å². The van der Waals surface area contributed by atoms with Crippen LogP contribution < -0.4 is 13.8 Å². The topological polar surface area (TPSA) is 55.8 Å². The number of ether oxygens (including phenoxy) is 2. The third-order valence-corrected chi connectivity index (χ3v) is 5.52. The molecule has 0 aliphatic heterocycles. The van der Waals surface area contributed by atoms with Gasteiger partial charge in [-0.1, -0.05) is 17.7 Å². The molecule has 0 saturated carbocycles. The van der Waals surface area contributed by atoms with Gasteiger partial charge in [0.05, 0.1) is 29.8 Å². The van der Waals surface area contributed by atoms with Crippen LogP contribution in [0.3, 0.4) is 0 Å². The number of rotatable bonds is 5. The largest absolute Gasteiger partial charge is 0.495 e. The normalized spacial score (nSPS) is 11.2. The molecule has 0 fully saturated rings. The van der Waals surface area contributed by atoms with E-state index in [4.69, 9.17) is 21.1 Å². The molecule has 0 aliphatic carbocycles. The third-order valence-electron chi connectivity index (χ3n) is 3.46. The SMILES string of the molecule is COc1ccc(S(=O)(=O)N(C)c2cc(C)ccc2OC)cc1Cl. The van der Waals surface area contributed by atoms with Crippen molar-refractivity contribution in [3.63, 3.8) is 0 Å². The lowest BCUT2D eigenvalue weighted by Crippen LogP contribution is -2.27. The second-order valence-electron chi connectivity index (χ2n) is 4.94. The number of nitrogens with zero attached hydrogens (tertiary/aromatic N) is 1. The molecule has 23 heavy (non-hydrogen) atoms. The summed E-state index contributed by atoms with van der Waals surface area (Å²) in [4.78, 5) is 0.0781. The minimum Gasteiger partial charge on any atom is -0.495 e. The monoisotopic (exact) mass is 355 g/mol. The molecule has 124 valence electrons. The summed E-state index contributed by atoms with van der Waals surface area (Å²) in [5.74, 6) is 0.891. The quantitative estimate of drug-likeness (QED) is 0.823. The summed E-state index contributed by atoms with van der Waals surface area (Å²) in [5.41, 5.74) is 1.38. The lowest BCUT2D eigenvalue weighted by Gasteiger charge is -2.22. The van der Waals surface area contributed by atoms with Crippen LogP contribution in [0, 0.1) is 6.92 Å². The van der Waals surface area contributed by atoms with E-state index in [9.17, 15) is 8.42 Å². The highest BCUT2D eigenvalue weighted by atomic mass is 35.5. The Morgan fingerprint density at radius 1 is 1.00 bits per heavy atom. The van der Waals surface area contributed by atoms with Gasteiger partial charge in [0.15, 0.2) is 0 Å². The molecular formula is C16H18ClNO4S. The number of anilines is 1. The molecule has 7 heteroatoms. The van der Waals surface area contributed by atoms with Crippen LogP contribution in [0.1, 0.15) is 5.56 Å². The van der Waals surface area contributed by atoms with E-state index in [0.29, 0.717) is 17.2 Å². The molecule has 2 aromatic carbocycles. The Bertz CT molecular complexity index is 821. The number of hydrogen-bond donors (Lipinski definition) is 0. The van der Waals surface area contributed by atoms with Crippen molar-refractivity contribution in [1.82, 2.24) is 0 Å². The van der Waals surface area contributed by atoms with E-state index in [1.165, 1.54) is 43.8 Å². The van der Waals surface area contributed by atoms with Crippen molar-refractivity contribution in [3.8, 4) is 11.5 Å². The van der Waals surface area contributed by atoms with Gasteiger partial charge in [0.1, 0.15) is 11.5 Å². The maximum absolute atomic E-state index is 12.8. The van der Waals surface area contributed by atoms with Crippen LogP contribution in [0.25, 0.3) is 0 Å². The van der Waals surface area contributed by atoms with Crippen molar-refractivity contribution < 1.29 is 17.9 Å². The van der Waals surface area contributed by atoms with Crippen LogP contribution in [-0.4, -0.2) is 29.7 Å². The lowest BCUT2D eigenvalue weighted by molar-refractivity contribution is 0.414. The number of sulfonamides is 1. The standard InChI is InChI=1S/C16H18ClNO4S/c1-11-5-7-16(22-4)14(9-11)18(2)23(19,20)12-6-8-15(21-3)13(17)10-12/h5-10H,1-4H3. The molecule has 0 radical (unpaired) electrons. The van der Waals surface area contributed by atoms with E-state index in [0.717, 1.165) is 5.56 Å². The highest BCUT2D eigenvalue weighted by molar-refractivity contribution is 7.92. The first-order chi connectivity index (χ1) is 10.8. The number of hydrogen-bond acceptors (Lipinski definition) is 4. The Labute approximate surface area is 141 Å². The number of halogens is 1. The molecule has 0 aromatic heterocycles. The van der Waals surface area contributed by atoms with Crippen LogP contribution in [0.2, 0.25) is 5.02 Å². The predicted molar refractivity (Wildman–Crippen MR) is 91.3 cm³/mol. The number of benzene rings is 2. The summed E-state index contributed by atoms with van der Waals surface area (Å²) < 4.78 is 37.2. The van der Waals surface area contributed by atoms with Gasteiger partial charge in [-0.15, -0.1) is 0 Å². The van der Waals surface area contributed by atoms with Gasteiger partial charge >= 0.3 is 0 Å². The Morgan fingerprint density at radius 3 is 2.17 bits per heavy atom. The minimum absolute atomic E-state index is 0.0781. The first-order valence-electron chi connectivity index (χ1n) is 6.78. The molecule has 0 spiro atoms. The fourth-order valence-corrected chi connectivity index (χ4v) is 3.69. The van der Waals surface area contributed by atoms with Gasteiger partial charge in [0.25, 0.3) is 10.0 Å². The van der Waals surface area contributed by atoms with Crippen LogP contribution >= 0.6 is 11.6 Å². The molecule has 0 amide bonds. The second kappa shape index (κ2) is 6.68. The van der Waals surface area contributed by atoms with Crippen LogP contribution in [0.5, 0.6) is 11.5 Å². The molecule has 0 saturated heterocycles. The zero-order chi connectivity index (χ0) is 17.2. The van der Waals surface area contributed by atoms with E-state index in [-0.39, 0.29) is 9.92 Å². The van der Waals surface area contributed by atoms with Crippen molar-refractivity contribution in [1.29, 1.82) is 0 Å². The van der Waals surface area contributed by atoms with Gasteiger partial charge in [0, 0.05) is 7.05 Å². The van der Waals surface area contributed by atoms with E-state index in [1.54, 1.807) is 12.1 Å². The van der Waals surface area contributed by atoms with Gasteiger partial charge in [-0.3, -0.25) is 4.31 Å². The van der Waals surface area contributed by atoms with Gasteiger partial charge in [-0.25, -0.2) is 8.42 Å². The molecule has 0 bridgehead atoms. The van der Waals surface area contributed by atoms with Crippen LogP contribution in [-0.2, 0) is 10.0 Å². The molecular weight excluding hydrogens is 338 g/mol. The van der Waals surface area contributed by atoms with Gasteiger partial charge < -0.3 is 9.47 Å². The first kappa shape index (κ1) is 17.4. The highest BCUT2D eigenvalue weighted by Gasteiger charge is 2.24. The third kappa shape index (κ3) is 3.38. The molecule has 2 aromatic rings. The van der Waals surface area contributed by atoms with E-state index in [1.807, 2.05) is 13.0 Å². The zero-order valence-electron chi connectivity index (χ0n) is 13.3. The molecule has 5 nitrogen and oxygen atoms in total. The average molecular weight is 356 g/mol. The number of aryl methyl sites for hydroxylation is 1. The first-order valence-corrected chi connectivity index (χ1v) is 8.60. The molecule has 0 atom stereocenters. The van der Waals surface area contributed by atoms with Gasteiger partial charge in [-0.2, -0.15) is 0 Å². The zero-order valence-corrected chi connectivity index (χ0v) is 14.9. The van der Waals surface area contributed by atoms with Crippen molar-refractivity contribution in [2.45, 2.75) is 11.8 Å². The fourth-order valence-electron chi connectivity index (χ4n) is 2.14. The van der Waals surface area contributed by atoms with E-state index in [2.05, 4.69) is 0 Å². The molecule has 2 rings (SSSR count). The molecule has 0 heterocycles. The lowest BCUT2D eigenvalue weighted by atomic mass is 10.2. The Balaban J connectivity index is 2.51. The average Bonchev–Trinajstić information content (AvgIpc) is 2.53. The molecule has 0 unspecified atom stereocenters. The van der Waals surface area contributed by atoms with Crippen molar-refractivity contribution in [3.05, 3.63) is 47.0 Å². The fraction of sp³-hybridized carbons (Fsp3) is 0.250. The minimum atomic E-state index is -3.78. The second-order valence-corrected chi connectivity index (χ2v) is 7.32. The Morgan fingerprint density at radius 2 is 1.61 bits per heavy atom.